The van der Waals surface area contributed by atoms with Gasteiger partial charge in [0.15, 0.2) is 0 Å². The normalized spacial score (nSPS) is 13.2. The first-order valence-corrected chi connectivity index (χ1v) is 9.02. The van der Waals surface area contributed by atoms with Crippen molar-refractivity contribution in [3.8, 4) is 0 Å². The second-order valence-corrected chi connectivity index (χ2v) is 7.22. The predicted molar refractivity (Wildman–Crippen MR) is 100 cm³/mol. The van der Waals surface area contributed by atoms with Crippen molar-refractivity contribution in [2.24, 2.45) is 11.8 Å². The highest BCUT2D eigenvalue weighted by Gasteiger charge is 2.36. The van der Waals surface area contributed by atoms with E-state index < -0.39 is 24.0 Å². The molecule has 2 atom stereocenters. The van der Waals surface area contributed by atoms with Gasteiger partial charge in [-0.3, -0.25) is 19.7 Å². The lowest BCUT2D eigenvalue weighted by molar-refractivity contribution is -0.143. The van der Waals surface area contributed by atoms with Gasteiger partial charge in [-0.1, -0.05) is 34.6 Å². The van der Waals surface area contributed by atoms with E-state index in [1.54, 1.807) is 14.0 Å². The fraction of sp³-hybridized carbons (Fsp3) is 0.778. The maximum Gasteiger partial charge on any atom is 0.324 e. The fourth-order valence-electron chi connectivity index (χ4n) is 2.74. The summed E-state index contributed by atoms with van der Waals surface area (Å²) in [6.45, 7) is 9.23. The van der Waals surface area contributed by atoms with Crippen LogP contribution >= 0.6 is 0 Å². The van der Waals surface area contributed by atoms with Gasteiger partial charge < -0.3 is 15.1 Å². The molecule has 0 aliphatic heterocycles. The summed E-state index contributed by atoms with van der Waals surface area (Å²) in [4.78, 5) is 51.7. The van der Waals surface area contributed by atoms with Crippen LogP contribution in [-0.2, 0) is 14.4 Å². The highest BCUT2D eigenvalue weighted by molar-refractivity contribution is 5.97. The lowest BCUT2D eigenvalue weighted by Gasteiger charge is -2.36. The lowest BCUT2D eigenvalue weighted by Crippen LogP contribution is -2.58. The summed E-state index contributed by atoms with van der Waals surface area (Å²) >= 11 is 0. The first-order chi connectivity index (χ1) is 12.0. The third-order valence-corrected chi connectivity index (χ3v) is 4.25. The first-order valence-electron chi connectivity index (χ1n) is 9.02. The Labute approximate surface area is 156 Å². The molecule has 0 rings (SSSR count). The molecule has 150 valence electrons. The molecule has 0 saturated heterocycles. The predicted octanol–water partition coefficient (Wildman–Crippen LogP) is 1.21. The molecule has 0 aliphatic rings. The number of nitrogens with one attached hydrogen (secondary N) is 2. The van der Waals surface area contributed by atoms with Gasteiger partial charge in [-0.15, -0.1) is 0 Å². The molecule has 26 heavy (non-hydrogen) atoms. The third-order valence-electron chi connectivity index (χ3n) is 4.25. The van der Waals surface area contributed by atoms with E-state index in [1.807, 2.05) is 27.7 Å². The van der Waals surface area contributed by atoms with E-state index in [-0.39, 0.29) is 30.1 Å². The number of urea groups is 1. The van der Waals surface area contributed by atoms with Crippen molar-refractivity contribution in [2.75, 3.05) is 21.1 Å². The Morgan fingerprint density at radius 3 is 1.88 bits per heavy atom. The standard InChI is InChI=1S/C18H34N4O4/c1-9-14(23)20-18(26)22(8)15(12(4)5)17(25)21(7)13(10-11(2)3)16(24)19-6/h11-13,15H,9-10H2,1-8H3,(H,19,24)(H,20,23,26)/t13-,15?/m0/s1. The first kappa shape index (κ1) is 23.9. The number of likely N-dealkylation sites (N-methyl/N-ethyl adjacent to an activating group) is 3. The number of nitrogens with zero attached hydrogens (tertiary/aromatic N) is 2. The Hall–Kier alpha value is -2.12. The molecule has 0 fully saturated rings. The average molecular weight is 370 g/mol. The molecule has 0 spiro atoms. The summed E-state index contributed by atoms with van der Waals surface area (Å²) in [5.74, 6) is -0.968. The van der Waals surface area contributed by atoms with Crippen LogP contribution in [0.2, 0.25) is 0 Å². The minimum atomic E-state index is -0.788. The minimum absolute atomic E-state index is 0.174. The summed E-state index contributed by atoms with van der Waals surface area (Å²) in [6.07, 6.45) is 0.684. The average Bonchev–Trinajstić information content (AvgIpc) is 2.57. The molecule has 0 radical (unpaired) electrons. The van der Waals surface area contributed by atoms with Crippen LogP contribution in [0.1, 0.15) is 47.5 Å². The summed E-state index contributed by atoms with van der Waals surface area (Å²) in [7, 11) is 4.58. The molecular weight excluding hydrogens is 336 g/mol. The molecule has 0 aliphatic carbocycles. The van der Waals surface area contributed by atoms with E-state index in [9.17, 15) is 19.2 Å². The maximum absolute atomic E-state index is 13.1. The van der Waals surface area contributed by atoms with Crippen molar-refractivity contribution >= 4 is 23.8 Å². The van der Waals surface area contributed by atoms with Gasteiger partial charge in [0.25, 0.3) is 0 Å². The zero-order valence-electron chi connectivity index (χ0n) is 17.3. The highest BCUT2D eigenvalue weighted by atomic mass is 16.2. The summed E-state index contributed by atoms with van der Waals surface area (Å²) in [5, 5.41) is 4.84. The molecule has 0 saturated carbocycles. The number of carbonyl (C=O) groups excluding carboxylic acids is 4. The van der Waals surface area contributed by atoms with Gasteiger partial charge in [-0.05, 0) is 18.3 Å². The van der Waals surface area contributed by atoms with Crippen molar-refractivity contribution in [3.63, 3.8) is 0 Å². The number of rotatable bonds is 8. The molecule has 0 aromatic rings. The molecule has 0 bridgehead atoms. The molecule has 5 amide bonds. The van der Waals surface area contributed by atoms with E-state index in [4.69, 9.17) is 0 Å². The smallest absolute Gasteiger partial charge is 0.324 e. The van der Waals surface area contributed by atoms with Crippen LogP contribution in [0.3, 0.4) is 0 Å². The van der Waals surface area contributed by atoms with Crippen LogP contribution in [0, 0.1) is 11.8 Å². The largest absolute Gasteiger partial charge is 0.357 e. The number of hydrogen-bond acceptors (Lipinski definition) is 4. The van der Waals surface area contributed by atoms with Gasteiger partial charge in [0.05, 0.1) is 0 Å². The third kappa shape index (κ3) is 6.65. The molecule has 2 N–H and O–H groups in total. The Balaban J connectivity index is 5.51. The molecule has 8 nitrogen and oxygen atoms in total. The quantitative estimate of drug-likeness (QED) is 0.671. The molecule has 1 unspecified atom stereocenters. The van der Waals surface area contributed by atoms with Crippen molar-refractivity contribution in [2.45, 2.75) is 59.5 Å². The van der Waals surface area contributed by atoms with E-state index in [0.29, 0.717) is 6.42 Å². The van der Waals surface area contributed by atoms with Crippen LogP contribution in [0.4, 0.5) is 4.79 Å². The van der Waals surface area contributed by atoms with Gasteiger partial charge in [0.1, 0.15) is 12.1 Å². The van der Waals surface area contributed by atoms with Crippen molar-refractivity contribution in [1.82, 2.24) is 20.4 Å². The zero-order valence-corrected chi connectivity index (χ0v) is 17.3. The van der Waals surface area contributed by atoms with Crippen LogP contribution < -0.4 is 10.6 Å². The molecular formula is C18H34N4O4. The maximum atomic E-state index is 13.1. The van der Waals surface area contributed by atoms with Crippen molar-refractivity contribution in [1.29, 1.82) is 0 Å². The van der Waals surface area contributed by atoms with Crippen LogP contribution in [-0.4, -0.2) is 66.8 Å². The monoisotopic (exact) mass is 370 g/mol. The summed E-state index contributed by atoms with van der Waals surface area (Å²) < 4.78 is 0. The SMILES string of the molecule is CCC(=O)NC(=O)N(C)C(C(=O)N(C)[C@@H](CC(C)C)C(=O)NC)C(C)C. The van der Waals surface area contributed by atoms with Crippen molar-refractivity contribution < 1.29 is 19.2 Å². The van der Waals surface area contributed by atoms with Crippen LogP contribution in [0.25, 0.3) is 0 Å². The number of hydrogen-bond donors (Lipinski definition) is 2. The van der Waals surface area contributed by atoms with E-state index >= 15 is 0 Å². The number of carbonyl (C=O) groups is 4. The minimum Gasteiger partial charge on any atom is -0.357 e. The molecule has 0 aromatic heterocycles. The van der Waals surface area contributed by atoms with E-state index in [1.165, 1.54) is 23.9 Å². The van der Waals surface area contributed by atoms with Gasteiger partial charge >= 0.3 is 6.03 Å². The topological polar surface area (TPSA) is 98.8 Å². The Bertz CT molecular complexity index is 519. The van der Waals surface area contributed by atoms with Crippen LogP contribution in [0.5, 0.6) is 0 Å². The second kappa shape index (κ2) is 10.8. The summed E-state index contributed by atoms with van der Waals surface area (Å²) in [5.41, 5.74) is 0. The van der Waals surface area contributed by atoms with E-state index in [2.05, 4.69) is 10.6 Å². The van der Waals surface area contributed by atoms with Gasteiger partial charge in [0, 0.05) is 27.6 Å². The van der Waals surface area contributed by atoms with Gasteiger partial charge in [-0.25, -0.2) is 4.79 Å². The Kier molecular flexibility index (Phi) is 9.90. The highest BCUT2D eigenvalue weighted by Crippen LogP contribution is 2.17. The zero-order chi connectivity index (χ0) is 20.6. The van der Waals surface area contributed by atoms with E-state index in [0.717, 1.165) is 0 Å². The molecule has 0 aromatic carbocycles. The summed E-state index contributed by atoms with van der Waals surface area (Å²) in [6, 6.07) is -2.04. The second-order valence-electron chi connectivity index (χ2n) is 7.22. The Morgan fingerprint density at radius 2 is 1.50 bits per heavy atom. The fourth-order valence-corrected chi connectivity index (χ4v) is 2.74. The number of imide groups is 1. The van der Waals surface area contributed by atoms with Crippen molar-refractivity contribution in [3.05, 3.63) is 0 Å². The van der Waals surface area contributed by atoms with Crippen LogP contribution in [0.15, 0.2) is 0 Å². The Morgan fingerprint density at radius 1 is 0.962 bits per heavy atom. The van der Waals surface area contributed by atoms with Gasteiger partial charge in [0.2, 0.25) is 17.7 Å². The van der Waals surface area contributed by atoms with Gasteiger partial charge in [-0.2, -0.15) is 0 Å². The molecule has 0 heterocycles. The molecule has 8 heteroatoms. The lowest BCUT2D eigenvalue weighted by atomic mass is 9.98. The number of amides is 5.